The zero-order valence-corrected chi connectivity index (χ0v) is 9.51. The maximum Gasteiger partial charge on any atom is 0.0897 e. The van der Waals surface area contributed by atoms with Crippen molar-refractivity contribution in [3.8, 4) is 0 Å². The number of aryl methyl sites for hydroxylation is 1. The fourth-order valence-electron chi connectivity index (χ4n) is 1.31. The molecule has 0 aliphatic carbocycles. The molecule has 0 bridgehead atoms. The molecule has 0 radical (unpaired) electrons. The Hall–Kier alpha value is -0.450. The van der Waals surface area contributed by atoms with Crippen molar-refractivity contribution in [2.75, 3.05) is 13.7 Å². The van der Waals surface area contributed by atoms with Gasteiger partial charge in [0.1, 0.15) is 0 Å². The number of thiazole rings is 1. The Balaban J connectivity index is 2.23. The Kier molecular flexibility index (Phi) is 5.07. The van der Waals surface area contributed by atoms with Crippen molar-refractivity contribution in [1.82, 2.24) is 4.98 Å². The van der Waals surface area contributed by atoms with Gasteiger partial charge in [0, 0.05) is 25.5 Å². The van der Waals surface area contributed by atoms with E-state index in [9.17, 15) is 5.11 Å². The van der Waals surface area contributed by atoms with Crippen molar-refractivity contribution < 1.29 is 9.84 Å². The summed E-state index contributed by atoms with van der Waals surface area (Å²) >= 11 is 1.63. The maximum absolute atomic E-state index is 9.65. The predicted molar refractivity (Wildman–Crippen MR) is 57.7 cm³/mol. The van der Waals surface area contributed by atoms with Gasteiger partial charge in [-0.3, -0.25) is 0 Å². The SMILES string of the molecule is COCCCC(O)Cc1csc(C)n1. The second-order valence-electron chi connectivity index (χ2n) is 3.35. The molecule has 0 aromatic carbocycles. The predicted octanol–water partition coefficient (Wildman–Crippen LogP) is 1.78. The van der Waals surface area contributed by atoms with Crippen LogP contribution in [0.3, 0.4) is 0 Å². The minimum atomic E-state index is -0.286. The Morgan fingerprint density at radius 3 is 3.00 bits per heavy atom. The third-order valence-corrected chi connectivity index (χ3v) is 2.82. The standard InChI is InChI=1S/C10H17NO2S/c1-8-11-9(7-14-8)6-10(12)4-3-5-13-2/h7,10,12H,3-6H2,1-2H3. The van der Waals surface area contributed by atoms with E-state index < -0.39 is 0 Å². The Morgan fingerprint density at radius 2 is 2.43 bits per heavy atom. The molecule has 4 heteroatoms. The van der Waals surface area contributed by atoms with Gasteiger partial charge in [-0.05, 0) is 19.8 Å². The van der Waals surface area contributed by atoms with Crippen LogP contribution in [0.2, 0.25) is 0 Å². The first kappa shape index (κ1) is 11.6. The van der Waals surface area contributed by atoms with Gasteiger partial charge in [-0.15, -0.1) is 11.3 Å². The van der Waals surface area contributed by atoms with Crippen LogP contribution >= 0.6 is 11.3 Å². The van der Waals surface area contributed by atoms with Crippen LogP contribution in [0.4, 0.5) is 0 Å². The minimum Gasteiger partial charge on any atom is -0.393 e. The highest BCUT2D eigenvalue weighted by atomic mass is 32.1. The van der Waals surface area contributed by atoms with Crippen LogP contribution in [0.25, 0.3) is 0 Å². The van der Waals surface area contributed by atoms with Crippen LogP contribution < -0.4 is 0 Å². The maximum atomic E-state index is 9.65. The monoisotopic (exact) mass is 215 g/mol. The second-order valence-corrected chi connectivity index (χ2v) is 4.41. The highest BCUT2D eigenvalue weighted by molar-refractivity contribution is 7.09. The molecule has 80 valence electrons. The normalized spacial score (nSPS) is 13.1. The summed E-state index contributed by atoms with van der Waals surface area (Å²) in [6.07, 6.45) is 2.06. The van der Waals surface area contributed by atoms with Crippen LogP contribution in [-0.4, -0.2) is 29.9 Å². The lowest BCUT2D eigenvalue weighted by molar-refractivity contribution is 0.134. The van der Waals surface area contributed by atoms with Crippen molar-refractivity contribution in [1.29, 1.82) is 0 Å². The lowest BCUT2D eigenvalue weighted by Gasteiger charge is -2.07. The first-order chi connectivity index (χ1) is 6.72. The van der Waals surface area contributed by atoms with Gasteiger partial charge in [-0.2, -0.15) is 0 Å². The summed E-state index contributed by atoms with van der Waals surface area (Å²) in [6, 6.07) is 0. The highest BCUT2D eigenvalue weighted by Gasteiger charge is 2.07. The number of rotatable bonds is 6. The number of methoxy groups -OCH3 is 1. The van der Waals surface area contributed by atoms with E-state index in [1.807, 2.05) is 12.3 Å². The molecule has 0 aliphatic rings. The zero-order valence-electron chi connectivity index (χ0n) is 8.69. The fourth-order valence-corrected chi connectivity index (χ4v) is 1.93. The molecule has 14 heavy (non-hydrogen) atoms. The van der Waals surface area contributed by atoms with Gasteiger partial charge < -0.3 is 9.84 Å². The molecule has 1 N–H and O–H groups in total. The van der Waals surface area contributed by atoms with Crippen LogP contribution in [0.15, 0.2) is 5.38 Å². The average molecular weight is 215 g/mol. The molecule has 0 saturated heterocycles. The topological polar surface area (TPSA) is 42.4 Å². The van der Waals surface area contributed by atoms with Gasteiger partial charge in [0.2, 0.25) is 0 Å². The van der Waals surface area contributed by atoms with Gasteiger partial charge in [0.25, 0.3) is 0 Å². The summed E-state index contributed by atoms with van der Waals surface area (Å²) in [5, 5.41) is 12.7. The summed E-state index contributed by atoms with van der Waals surface area (Å²) < 4.78 is 4.92. The van der Waals surface area contributed by atoms with Crippen LogP contribution in [0, 0.1) is 6.92 Å². The molecule has 1 rings (SSSR count). The van der Waals surface area contributed by atoms with E-state index in [0.717, 1.165) is 23.5 Å². The number of aliphatic hydroxyl groups excluding tert-OH is 1. The van der Waals surface area contributed by atoms with E-state index in [1.54, 1.807) is 18.4 Å². The Bertz CT molecular complexity index is 262. The Morgan fingerprint density at radius 1 is 1.64 bits per heavy atom. The highest BCUT2D eigenvalue weighted by Crippen LogP contribution is 2.11. The molecule has 0 spiro atoms. The summed E-state index contributed by atoms with van der Waals surface area (Å²) in [7, 11) is 1.68. The van der Waals surface area contributed by atoms with E-state index in [0.29, 0.717) is 13.0 Å². The third kappa shape index (κ3) is 4.17. The molecule has 1 atom stereocenters. The van der Waals surface area contributed by atoms with Gasteiger partial charge in [-0.25, -0.2) is 4.98 Å². The molecule has 1 heterocycles. The molecule has 0 fully saturated rings. The van der Waals surface area contributed by atoms with Crippen LogP contribution in [0.5, 0.6) is 0 Å². The number of nitrogens with zero attached hydrogens (tertiary/aromatic N) is 1. The molecular formula is C10H17NO2S. The van der Waals surface area contributed by atoms with E-state index in [2.05, 4.69) is 4.98 Å². The second kappa shape index (κ2) is 6.11. The lowest BCUT2D eigenvalue weighted by atomic mass is 10.1. The number of hydrogen-bond donors (Lipinski definition) is 1. The van der Waals surface area contributed by atoms with Gasteiger partial charge in [0.15, 0.2) is 0 Å². The molecule has 0 saturated carbocycles. The summed E-state index contributed by atoms with van der Waals surface area (Å²) in [6.45, 7) is 2.69. The third-order valence-electron chi connectivity index (χ3n) is 2.00. The zero-order chi connectivity index (χ0) is 10.4. The van der Waals surface area contributed by atoms with E-state index >= 15 is 0 Å². The summed E-state index contributed by atoms with van der Waals surface area (Å²) in [4.78, 5) is 4.31. The molecule has 3 nitrogen and oxygen atoms in total. The smallest absolute Gasteiger partial charge is 0.0897 e. The van der Waals surface area contributed by atoms with Crippen molar-refractivity contribution in [2.45, 2.75) is 32.3 Å². The number of aliphatic hydroxyl groups is 1. The van der Waals surface area contributed by atoms with Gasteiger partial charge >= 0.3 is 0 Å². The first-order valence-electron chi connectivity index (χ1n) is 4.80. The molecule has 0 amide bonds. The van der Waals surface area contributed by atoms with E-state index in [4.69, 9.17) is 4.74 Å². The fraction of sp³-hybridized carbons (Fsp3) is 0.700. The lowest BCUT2D eigenvalue weighted by Crippen LogP contribution is -2.11. The largest absolute Gasteiger partial charge is 0.393 e. The van der Waals surface area contributed by atoms with E-state index in [1.165, 1.54) is 0 Å². The van der Waals surface area contributed by atoms with Crippen molar-refractivity contribution in [3.05, 3.63) is 16.1 Å². The quantitative estimate of drug-likeness (QED) is 0.736. The van der Waals surface area contributed by atoms with E-state index in [-0.39, 0.29) is 6.10 Å². The van der Waals surface area contributed by atoms with Crippen molar-refractivity contribution in [3.63, 3.8) is 0 Å². The van der Waals surface area contributed by atoms with Crippen LogP contribution in [0.1, 0.15) is 23.5 Å². The van der Waals surface area contributed by atoms with Crippen molar-refractivity contribution >= 4 is 11.3 Å². The number of hydrogen-bond acceptors (Lipinski definition) is 4. The number of ether oxygens (including phenoxy) is 1. The van der Waals surface area contributed by atoms with Gasteiger partial charge in [0.05, 0.1) is 16.8 Å². The molecule has 0 aliphatic heterocycles. The average Bonchev–Trinajstić information content (AvgIpc) is 2.52. The molecule has 1 aromatic rings. The molecule has 1 aromatic heterocycles. The van der Waals surface area contributed by atoms with Gasteiger partial charge in [-0.1, -0.05) is 0 Å². The first-order valence-corrected chi connectivity index (χ1v) is 5.68. The van der Waals surface area contributed by atoms with Crippen molar-refractivity contribution in [2.24, 2.45) is 0 Å². The number of aromatic nitrogens is 1. The summed E-state index contributed by atoms with van der Waals surface area (Å²) in [5.74, 6) is 0. The molecule has 1 unspecified atom stereocenters. The summed E-state index contributed by atoms with van der Waals surface area (Å²) in [5.41, 5.74) is 0.998. The minimum absolute atomic E-state index is 0.286. The Labute approximate surface area is 88.8 Å². The molecular weight excluding hydrogens is 198 g/mol. The van der Waals surface area contributed by atoms with Crippen LogP contribution in [-0.2, 0) is 11.2 Å².